The van der Waals surface area contributed by atoms with Crippen LogP contribution >= 0.6 is 11.8 Å². The molecule has 32 heavy (non-hydrogen) atoms. The zero-order valence-corrected chi connectivity index (χ0v) is 18.7. The van der Waals surface area contributed by atoms with E-state index in [1.807, 2.05) is 30.3 Å². The minimum absolute atomic E-state index is 0.224. The SMILES string of the molecule is CCOC(=O)c1ccc2c(c1)nc(SCc1ccc(OC)c(F)c1)n2Cc1ccccc1. The standard InChI is InChI=1S/C25H23FN2O3S/c1-3-31-24(29)19-10-11-22-21(14-19)27-25(28(22)15-17-7-5-4-6-8-17)32-16-18-9-12-23(30-2)20(26)13-18/h4-14H,3,15-16H2,1-2H3. The Morgan fingerprint density at radius 3 is 2.59 bits per heavy atom. The zero-order chi connectivity index (χ0) is 22.5. The lowest BCUT2D eigenvalue weighted by Gasteiger charge is -2.10. The molecule has 1 heterocycles. The number of esters is 1. The van der Waals surface area contributed by atoms with Gasteiger partial charge < -0.3 is 14.0 Å². The molecule has 0 bridgehead atoms. The maximum Gasteiger partial charge on any atom is 0.338 e. The van der Waals surface area contributed by atoms with Crippen molar-refractivity contribution in [3.63, 3.8) is 0 Å². The van der Waals surface area contributed by atoms with Crippen LogP contribution in [0.3, 0.4) is 0 Å². The van der Waals surface area contributed by atoms with Crippen molar-refractivity contribution in [2.24, 2.45) is 0 Å². The number of carbonyl (C=O) groups is 1. The van der Waals surface area contributed by atoms with Gasteiger partial charge in [0.2, 0.25) is 0 Å². The molecule has 7 heteroatoms. The van der Waals surface area contributed by atoms with E-state index in [0.717, 1.165) is 27.3 Å². The Hall–Kier alpha value is -3.32. The van der Waals surface area contributed by atoms with Gasteiger partial charge in [0.1, 0.15) is 0 Å². The summed E-state index contributed by atoms with van der Waals surface area (Å²) in [6.45, 7) is 2.73. The second-order valence-corrected chi connectivity index (χ2v) is 8.09. The van der Waals surface area contributed by atoms with Crippen molar-refractivity contribution in [1.29, 1.82) is 0 Å². The van der Waals surface area contributed by atoms with Crippen molar-refractivity contribution in [2.75, 3.05) is 13.7 Å². The van der Waals surface area contributed by atoms with Gasteiger partial charge in [-0.15, -0.1) is 0 Å². The van der Waals surface area contributed by atoms with Crippen LogP contribution in [0.5, 0.6) is 5.75 Å². The molecular weight excluding hydrogens is 427 g/mol. The summed E-state index contributed by atoms with van der Waals surface area (Å²) in [6, 6.07) is 20.5. The Balaban J connectivity index is 1.67. The lowest BCUT2D eigenvalue weighted by molar-refractivity contribution is 0.0526. The summed E-state index contributed by atoms with van der Waals surface area (Å²) < 4.78 is 26.3. The van der Waals surface area contributed by atoms with Crippen LogP contribution in [0.15, 0.2) is 71.9 Å². The highest BCUT2D eigenvalue weighted by molar-refractivity contribution is 7.98. The van der Waals surface area contributed by atoms with E-state index in [0.29, 0.717) is 24.5 Å². The number of methoxy groups -OCH3 is 1. The molecule has 0 spiro atoms. The van der Waals surface area contributed by atoms with Crippen LogP contribution in [-0.4, -0.2) is 29.2 Å². The molecule has 0 N–H and O–H groups in total. The first-order valence-electron chi connectivity index (χ1n) is 10.3. The summed E-state index contributed by atoms with van der Waals surface area (Å²) >= 11 is 1.52. The van der Waals surface area contributed by atoms with E-state index in [4.69, 9.17) is 14.5 Å². The van der Waals surface area contributed by atoms with Gasteiger partial charge in [-0.2, -0.15) is 0 Å². The Kier molecular flexibility index (Phi) is 6.75. The number of imidazole rings is 1. The third-order valence-corrected chi connectivity index (χ3v) is 6.04. The number of carbonyl (C=O) groups excluding carboxylic acids is 1. The van der Waals surface area contributed by atoms with Crippen molar-refractivity contribution in [3.05, 3.63) is 89.2 Å². The van der Waals surface area contributed by atoms with Gasteiger partial charge >= 0.3 is 5.97 Å². The lowest BCUT2D eigenvalue weighted by Crippen LogP contribution is -2.04. The molecule has 1 aromatic heterocycles. The predicted molar refractivity (Wildman–Crippen MR) is 124 cm³/mol. The van der Waals surface area contributed by atoms with E-state index in [2.05, 4.69) is 16.7 Å². The normalized spacial score (nSPS) is 11.0. The molecule has 0 amide bonds. The third kappa shape index (κ3) is 4.78. The van der Waals surface area contributed by atoms with Crippen molar-refractivity contribution in [2.45, 2.75) is 24.4 Å². The average molecular weight is 451 g/mol. The van der Waals surface area contributed by atoms with E-state index >= 15 is 0 Å². The molecule has 4 rings (SSSR count). The highest BCUT2D eigenvalue weighted by Crippen LogP contribution is 2.29. The van der Waals surface area contributed by atoms with E-state index in [9.17, 15) is 9.18 Å². The largest absolute Gasteiger partial charge is 0.494 e. The molecule has 0 aliphatic carbocycles. The van der Waals surface area contributed by atoms with E-state index < -0.39 is 0 Å². The Labute approximate surface area is 190 Å². The number of hydrogen-bond acceptors (Lipinski definition) is 5. The number of fused-ring (bicyclic) bond motifs is 1. The van der Waals surface area contributed by atoms with Crippen LogP contribution in [0.25, 0.3) is 11.0 Å². The van der Waals surface area contributed by atoms with Gasteiger partial charge in [0.15, 0.2) is 16.7 Å². The molecular formula is C25H23FN2O3S. The second-order valence-electron chi connectivity index (χ2n) is 7.15. The molecule has 0 atom stereocenters. The van der Waals surface area contributed by atoms with Gasteiger partial charge in [0.05, 0.1) is 36.9 Å². The minimum Gasteiger partial charge on any atom is -0.494 e. The molecule has 5 nitrogen and oxygen atoms in total. The van der Waals surface area contributed by atoms with Crippen molar-refractivity contribution < 1.29 is 18.7 Å². The predicted octanol–water partition coefficient (Wildman–Crippen LogP) is 5.70. The summed E-state index contributed by atoms with van der Waals surface area (Å²) in [7, 11) is 1.45. The number of aromatic nitrogens is 2. The van der Waals surface area contributed by atoms with Crippen molar-refractivity contribution in [1.82, 2.24) is 9.55 Å². The Morgan fingerprint density at radius 2 is 1.88 bits per heavy atom. The van der Waals surface area contributed by atoms with E-state index in [-0.39, 0.29) is 17.5 Å². The summed E-state index contributed by atoms with van der Waals surface area (Å²) in [4.78, 5) is 16.9. The number of hydrogen-bond donors (Lipinski definition) is 0. The maximum absolute atomic E-state index is 14.1. The van der Waals surface area contributed by atoms with Gasteiger partial charge in [-0.05, 0) is 48.4 Å². The number of halogens is 1. The van der Waals surface area contributed by atoms with Crippen LogP contribution in [0, 0.1) is 5.82 Å². The van der Waals surface area contributed by atoms with E-state index in [1.165, 1.54) is 24.9 Å². The number of ether oxygens (including phenoxy) is 2. The van der Waals surface area contributed by atoms with Crippen molar-refractivity contribution >= 4 is 28.8 Å². The van der Waals surface area contributed by atoms with Gasteiger partial charge in [0, 0.05) is 5.75 Å². The van der Waals surface area contributed by atoms with Crippen molar-refractivity contribution in [3.8, 4) is 5.75 Å². The molecule has 0 aliphatic rings. The fraction of sp³-hybridized carbons (Fsp3) is 0.200. The molecule has 4 aromatic rings. The molecule has 0 fully saturated rings. The van der Waals surface area contributed by atoms with Gasteiger partial charge in [-0.25, -0.2) is 14.2 Å². The summed E-state index contributed by atoms with van der Waals surface area (Å²) in [5.41, 5.74) is 4.08. The quantitative estimate of drug-likeness (QED) is 0.255. The number of nitrogens with zero attached hydrogens (tertiary/aromatic N) is 2. The smallest absolute Gasteiger partial charge is 0.338 e. The molecule has 164 valence electrons. The molecule has 0 unspecified atom stereocenters. The zero-order valence-electron chi connectivity index (χ0n) is 17.9. The van der Waals surface area contributed by atoms with Crippen LogP contribution < -0.4 is 4.74 Å². The molecule has 0 radical (unpaired) electrons. The fourth-order valence-electron chi connectivity index (χ4n) is 3.43. The molecule has 0 saturated heterocycles. The molecule has 3 aromatic carbocycles. The highest BCUT2D eigenvalue weighted by atomic mass is 32.2. The summed E-state index contributed by atoms with van der Waals surface area (Å²) in [6.07, 6.45) is 0. The van der Waals surface area contributed by atoms with E-state index in [1.54, 1.807) is 25.1 Å². The Morgan fingerprint density at radius 1 is 1.06 bits per heavy atom. The Bertz CT molecular complexity index is 1240. The number of rotatable bonds is 8. The fourth-order valence-corrected chi connectivity index (χ4v) is 4.38. The summed E-state index contributed by atoms with van der Waals surface area (Å²) in [5, 5.41) is 0.793. The van der Waals surface area contributed by atoms with Crippen LogP contribution in [0.2, 0.25) is 0 Å². The first-order chi connectivity index (χ1) is 15.6. The average Bonchev–Trinajstić information content (AvgIpc) is 3.15. The monoisotopic (exact) mass is 450 g/mol. The first kappa shape index (κ1) is 21.9. The number of thioether (sulfide) groups is 1. The molecule has 0 aliphatic heterocycles. The minimum atomic E-state index is -0.387. The van der Waals surface area contributed by atoms with Crippen LogP contribution in [-0.2, 0) is 17.0 Å². The van der Waals surface area contributed by atoms with Gasteiger partial charge in [0.25, 0.3) is 0 Å². The number of benzene rings is 3. The summed E-state index contributed by atoms with van der Waals surface area (Å²) in [5.74, 6) is 0.0166. The van der Waals surface area contributed by atoms with Crippen LogP contribution in [0.1, 0.15) is 28.4 Å². The topological polar surface area (TPSA) is 53.4 Å². The highest BCUT2D eigenvalue weighted by Gasteiger charge is 2.15. The van der Waals surface area contributed by atoms with Gasteiger partial charge in [-0.3, -0.25) is 0 Å². The maximum atomic E-state index is 14.1. The lowest BCUT2D eigenvalue weighted by atomic mass is 10.2. The second kappa shape index (κ2) is 9.87. The third-order valence-electron chi connectivity index (χ3n) is 4.99. The van der Waals surface area contributed by atoms with Crippen LogP contribution in [0.4, 0.5) is 4.39 Å². The van der Waals surface area contributed by atoms with Gasteiger partial charge in [-0.1, -0.05) is 48.2 Å². The first-order valence-corrected chi connectivity index (χ1v) is 11.2. The molecule has 0 saturated carbocycles.